The Morgan fingerprint density at radius 3 is 2.29 bits per heavy atom. The Labute approximate surface area is 199 Å². The molecule has 180 valence electrons. The zero-order chi connectivity index (χ0) is 24.1. The van der Waals surface area contributed by atoms with E-state index >= 15 is 0 Å². The van der Waals surface area contributed by atoms with Crippen LogP contribution in [-0.2, 0) is 14.3 Å². The number of carboxylic acids is 1. The van der Waals surface area contributed by atoms with Gasteiger partial charge in [0.05, 0.1) is 6.42 Å². The van der Waals surface area contributed by atoms with Gasteiger partial charge in [0.15, 0.2) is 0 Å². The van der Waals surface area contributed by atoms with Gasteiger partial charge in [-0.15, -0.1) is 0 Å². The first-order valence-electron chi connectivity index (χ1n) is 12.1. The van der Waals surface area contributed by atoms with Crippen molar-refractivity contribution in [2.75, 3.05) is 6.61 Å². The molecule has 4 rings (SSSR count). The molecule has 2 aliphatic rings. The van der Waals surface area contributed by atoms with Gasteiger partial charge >= 0.3 is 12.1 Å². The lowest BCUT2D eigenvalue weighted by atomic mass is 9.98. The van der Waals surface area contributed by atoms with Crippen LogP contribution in [-0.4, -0.2) is 41.8 Å². The number of rotatable bonds is 9. The molecule has 2 aliphatic carbocycles. The van der Waals surface area contributed by atoms with Gasteiger partial charge in [0.25, 0.3) is 0 Å². The minimum Gasteiger partial charge on any atom is -0.481 e. The number of aliphatic carboxylic acids is 1. The molecule has 1 saturated carbocycles. The number of nitrogens with one attached hydrogen (secondary N) is 2. The third kappa shape index (κ3) is 5.58. The lowest BCUT2D eigenvalue weighted by molar-refractivity contribution is -0.137. The van der Waals surface area contributed by atoms with E-state index in [1.807, 2.05) is 31.2 Å². The topological polar surface area (TPSA) is 105 Å². The summed E-state index contributed by atoms with van der Waals surface area (Å²) >= 11 is 0. The van der Waals surface area contributed by atoms with Crippen LogP contribution in [0, 0.1) is 5.92 Å². The summed E-state index contributed by atoms with van der Waals surface area (Å²) in [6.07, 6.45) is 2.79. The predicted octanol–water partition coefficient (Wildman–Crippen LogP) is 4.45. The van der Waals surface area contributed by atoms with Gasteiger partial charge in [-0.05, 0) is 53.9 Å². The van der Waals surface area contributed by atoms with Gasteiger partial charge < -0.3 is 20.5 Å². The Kier molecular flexibility index (Phi) is 7.50. The highest BCUT2D eigenvalue weighted by molar-refractivity contribution is 5.79. The summed E-state index contributed by atoms with van der Waals surface area (Å²) in [7, 11) is 0. The lowest BCUT2D eigenvalue weighted by Gasteiger charge is -2.18. The SMILES string of the molecule is CCC(CC(=O)O)NC(=O)C[C@@H]1CC[C@H](NC(=O)OCC2c3ccccc3-c3ccccc32)C1. The van der Waals surface area contributed by atoms with E-state index in [9.17, 15) is 14.4 Å². The van der Waals surface area contributed by atoms with E-state index in [1.54, 1.807) is 0 Å². The van der Waals surface area contributed by atoms with Crippen molar-refractivity contribution < 1.29 is 24.2 Å². The number of carboxylic acid groups (broad SMARTS) is 1. The molecule has 1 unspecified atom stereocenters. The van der Waals surface area contributed by atoms with Crippen molar-refractivity contribution >= 4 is 18.0 Å². The molecular formula is C27H32N2O5. The molecule has 2 aromatic carbocycles. The van der Waals surface area contributed by atoms with Gasteiger partial charge in [-0.1, -0.05) is 55.5 Å². The molecule has 3 N–H and O–H groups in total. The Bertz CT molecular complexity index is 1010. The highest BCUT2D eigenvalue weighted by atomic mass is 16.5. The van der Waals surface area contributed by atoms with Gasteiger partial charge in [0.1, 0.15) is 6.61 Å². The Morgan fingerprint density at radius 2 is 1.68 bits per heavy atom. The molecule has 0 radical (unpaired) electrons. The summed E-state index contributed by atoms with van der Waals surface area (Å²) in [5, 5.41) is 14.7. The van der Waals surface area contributed by atoms with Crippen LogP contribution in [0.15, 0.2) is 48.5 Å². The van der Waals surface area contributed by atoms with Crippen LogP contribution < -0.4 is 10.6 Å². The van der Waals surface area contributed by atoms with Crippen molar-refractivity contribution in [1.82, 2.24) is 10.6 Å². The number of alkyl carbamates (subject to hydrolysis) is 1. The average molecular weight is 465 g/mol. The Hall–Kier alpha value is -3.35. The Morgan fingerprint density at radius 1 is 1.03 bits per heavy atom. The fraction of sp³-hybridized carbons (Fsp3) is 0.444. The molecule has 0 aliphatic heterocycles. The van der Waals surface area contributed by atoms with Crippen LogP contribution in [0.1, 0.15) is 62.5 Å². The molecule has 0 saturated heterocycles. The number of fused-ring (bicyclic) bond motifs is 3. The van der Waals surface area contributed by atoms with E-state index in [0.717, 1.165) is 12.8 Å². The molecule has 3 atom stereocenters. The highest BCUT2D eigenvalue weighted by Gasteiger charge is 2.31. The van der Waals surface area contributed by atoms with Crippen molar-refractivity contribution in [3.63, 3.8) is 0 Å². The fourth-order valence-corrected chi connectivity index (χ4v) is 5.26. The standard InChI is InChI=1S/C27H32N2O5/c1-2-18(15-26(31)32)28-25(30)14-17-11-12-19(13-17)29-27(33)34-16-24-22-9-5-3-7-20(22)21-8-4-6-10-23(21)24/h3-10,17-19,24H,2,11-16H2,1H3,(H,28,30)(H,29,33)(H,31,32)/t17-,18?,19+/m1/s1. The van der Waals surface area contributed by atoms with Crippen molar-refractivity contribution in [3.8, 4) is 11.1 Å². The van der Waals surface area contributed by atoms with E-state index in [-0.39, 0.29) is 42.9 Å². The number of amides is 2. The third-order valence-electron chi connectivity index (χ3n) is 6.96. The largest absolute Gasteiger partial charge is 0.481 e. The normalized spacial score (nSPS) is 19.7. The Balaban J connectivity index is 1.24. The van der Waals surface area contributed by atoms with Crippen LogP contribution in [0.3, 0.4) is 0 Å². The molecular weight excluding hydrogens is 432 g/mol. The quantitative estimate of drug-likeness (QED) is 0.508. The van der Waals surface area contributed by atoms with Crippen molar-refractivity contribution in [3.05, 3.63) is 59.7 Å². The summed E-state index contributed by atoms with van der Waals surface area (Å²) in [5.74, 6) is -0.850. The molecule has 0 heterocycles. The number of benzene rings is 2. The monoisotopic (exact) mass is 464 g/mol. The molecule has 2 amide bonds. The van der Waals surface area contributed by atoms with E-state index in [1.165, 1.54) is 22.3 Å². The molecule has 7 nitrogen and oxygen atoms in total. The number of carbonyl (C=O) groups is 3. The highest BCUT2D eigenvalue weighted by Crippen LogP contribution is 2.44. The minimum absolute atomic E-state index is 0.0190. The number of hydrogen-bond acceptors (Lipinski definition) is 4. The second-order valence-electron chi connectivity index (χ2n) is 9.32. The maximum atomic E-state index is 12.5. The first-order chi connectivity index (χ1) is 16.4. The maximum Gasteiger partial charge on any atom is 0.407 e. The van der Waals surface area contributed by atoms with Crippen LogP contribution >= 0.6 is 0 Å². The van der Waals surface area contributed by atoms with E-state index in [4.69, 9.17) is 9.84 Å². The maximum absolute atomic E-state index is 12.5. The number of carbonyl (C=O) groups excluding carboxylic acids is 2. The molecule has 0 bridgehead atoms. The molecule has 7 heteroatoms. The van der Waals surface area contributed by atoms with Crippen molar-refractivity contribution in [1.29, 1.82) is 0 Å². The molecule has 1 fully saturated rings. The van der Waals surface area contributed by atoms with E-state index < -0.39 is 12.1 Å². The predicted molar refractivity (Wildman–Crippen MR) is 128 cm³/mol. The summed E-state index contributed by atoms with van der Waals surface area (Å²) < 4.78 is 5.64. The fourth-order valence-electron chi connectivity index (χ4n) is 5.26. The van der Waals surface area contributed by atoms with Gasteiger partial charge in [0, 0.05) is 24.4 Å². The number of hydrogen-bond donors (Lipinski definition) is 3. The molecule has 0 aromatic heterocycles. The van der Waals surface area contributed by atoms with Gasteiger partial charge in [-0.2, -0.15) is 0 Å². The minimum atomic E-state index is -0.916. The first kappa shape index (κ1) is 23.8. The summed E-state index contributed by atoms with van der Waals surface area (Å²) in [5.41, 5.74) is 4.74. The third-order valence-corrected chi connectivity index (χ3v) is 6.96. The zero-order valence-corrected chi connectivity index (χ0v) is 19.5. The first-order valence-corrected chi connectivity index (χ1v) is 12.1. The summed E-state index contributed by atoms with van der Waals surface area (Å²) in [4.78, 5) is 35.7. The van der Waals surface area contributed by atoms with Crippen molar-refractivity contribution in [2.24, 2.45) is 5.92 Å². The summed E-state index contributed by atoms with van der Waals surface area (Å²) in [6, 6.07) is 16.1. The van der Waals surface area contributed by atoms with Crippen LogP contribution in [0.25, 0.3) is 11.1 Å². The second-order valence-corrected chi connectivity index (χ2v) is 9.32. The van der Waals surface area contributed by atoms with Gasteiger partial charge in [0.2, 0.25) is 5.91 Å². The smallest absolute Gasteiger partial charge is 0.407 e. The van der Waals surface area contributed by atoms with E-state index in [0.29, 0.717) is 19.3 Å². The van der Waals surface area contributed by atoms with Crippen LogP contribution in [0.4, 0.5) is 4.79 Å². The van der Waals surface area contributed by atoms with Crippen molar-refractivity contribution in [2.45, 2.75) is 63.5 Å². The van der Waals surface area contributed by atoms with Crippen LogP contribution in [0.2, 0.25) is 0 Å². The van der Waals surface area contributed by atoms with Gasteiger partial charge in [-0.25, -0.2) is 4.79 Å². The average Bonchev–Trinajstić information content (AvgIpc) is 3.38. The lowest BCUT2D eigenvalue weighted by Crippen LogP contribution is -2.37. The molecule has 34 heavy (non-hydrogen) atoms. The number of ether oxygens (including phenoxy) is 1. The summed E-state index contributed by atoms with van der Waals surface area (Å²) in [6.45, 7) is 2.14. The second kappa shape index (κ2) is 10.7. The molecule has 0 spiro atoms. The van der Waals surface area contributed by atoms with Crippen LogP contribution in [0.5, 0.6) is 0 Å². The zero-order valence-electron chi connectivity index (χ0n) is 19.5. The molecule has 2 aromatic rings. The van der Waals surface area contributed by atoms with E-state index in [2.05, 4.69) is 34.9 Å². The van der Waals surface area contributed by atoms with Gasteiger partial charge in [-0.3, -0.25) is 9.59 Å².